The third-order valence-corrected chi connectivity index (χ3v) is 5.13. The van der Waals surface area contributed by atoms with Gasteiger partial charge in [0.1, 0.15) is 11.9 Å². The second-order valence-corrected chi connectivity index (χ2v) is 7.26. The third-order valence-electron chi connectivity index (χ3n) is 4.80. The second-order valence-electron chi connectivity index (χ2n) is 6.85. The van der Waals surface area contributed by atoms with Gasteiger partial charge < -0.3 is 9.73 Å². The van der Waals surface area contributed by atoms with Crippen LogP contribution in [0, 0.1) is 19.7 Å². The number of hydrogen-bond acceptors (Lipinski definition) is 4. The lowest BCUT2D eigenvalue weighted by Gasteiger charge is -2.19. The Balaban J connectivity index is 1.76. The van der Waals surface area contributed by atoms with Crippen molar-refractivity contribution in [2.45, 2.75) is 19.9 Å². The molecule has 146 valence electrons. The Morgan fingerprint density at radius 2 is 1.72 bits per heavy atom. The summed E-state index contributed by atoms with van der Waals surface area (Å²) in [6, 6.07) is 19.3. The fourth-order valence-corrected chi connectivity index (χ4v) is 3.33. The highest BCUT2D eigenvalue weighted by Crippen LogP contribution is 2.33. The fourth-order valence-electron chi connectivity index (χ4n) is 3.05. The van der Waals surface area contributed by atoms with Gasteiger partial charge in [-0.1, -0.05) is 41.9 Å². The molecule has 1 heterocycles. The number of benzene rings is 3. The van der Waals surface area contributed by atoms with Gasteiger partial charge in [0.25, 0.3) is 0 Å². The van der Waals surface area contributed by atoms with Crippen LogP contribution in [0.1, 0.15) is 28.6 Å². The van der Waals surface area contributed by atoms with E-state index in [1.807, 2.05) is 55.5 Å². The van der Waals surface area contributed by atoms with Crippen LogP contribution in [0.25, 0.3) is 11.5 Å². The van der Waals surface area contributed by atoms with Crippen molar-refractivity contribution in [2.24, 2.45) is 0 Å². The van der Waals surface area contributed by atoms with Crippen molar-refractivity contribution in [1.29, 1.82) is 0 Å². The first-order valence-corrected chi connectivity index (χ1v) is 9.56. The van der Waals surface area contributed by atoms with Gasteiger partial charge in [-0.25, -0.2) is 4.39 Å². The summed E-state index contributed by atoms with van der Waals surface area (Å²) in [6.45, 7) is 4.10. The first-order chi connectivity index (χ1) is 14.0. The number of aromatic nitrogens is 2. The largest absolute Gasteiger partial charge is 0.418 e. The Hall–Kier alpha value is -3.18. The summed E-state index contributed by atoms with van der Waals surface area (Å²) in [6.07, 6.45) is 0. The lowest BCUT2D eigenvalue weighted by atomic mass is 10.0. The summed E-state index contributed by atoms with van der Waals surface area (Å²) in [5.74, 6) is 0.348. The molecule has 0 radical (unpaired) electrons. The average Bonchev–Trinajstić information content (AvgIpc) is 3.20. The van der Waals surface area contributed by atoms with Gasteiger partial charge in [0.2, 0.25) is 11.8 Å². The highest BCUT2D eigenvalue weighted by molar-refractivity contribution is 6.31. The summed E-state index contributed by atoms with van der Waals surface area (Å²) < 4.78 is 19.6. The molecule has 29 heavy (non-hydrogen) atoms. The number of rotatable bonds is 5. The van der Waals surface area contributed by atoms with Gasteiger partial charge in [-0.2, -0.15) is 0 Å². The van der Waals surface area contributed by atoms with Gasteiger partial charge in [-0.3, -0.25) is 0 Å². The number of halogens is 2. The van der Waals surface area contributed by atoms with Gasteiger partial charge in [-0.05, 0) is 61.4 Å². The maximum atomic E-state index is 13.6. The van der Waals surface area contributed by atoms with Crippen molar-refractivity contribution >= 4 is 17.3 Å². The number of hydrogen-bond donors (Lipinski definition) is 1. The van der Waals surface area contributed by atoms with Crippen LogP contribution in [0.3, 0.4) is 0 Å². The van der Waals surface area contributed by atoms with Crippen LogP contribution in [0.5, 0.6) is 0 Å². The summed E-state index contributed by atoms with van der Waals surface area (Å²) in [4.78, 5) is 0. The van der Waals surface area contributed by atoms with Crippen molar-refractivity contribution in [1.82, 2.24) is 10.2 Å². The van der Waals surface area contributed by atoms with Crippen molar-refractivity contribution < 1.29 is 8.81 Å². The quantitative estimate of drug-likeness (QED) is 0.419. The molecule has 4 rings (SSSR count). The first kappa shape index (κ1) is 19.2. The van der Waals surface area contributed by atoms with Gasteiger partial charge >= 0.3 is 0 Å². The van der Waals surface area contributed by atoms with E-state index in [1.165, 1.54) is 17.7 Å². The molecule has 3 aromatic carbocycles. The molecular weight excluding hydrogens is 389 g/mol. The Labute approximate surface area is 173 Å². The van der Waals surface area contributed by atoms with Crippen LogP contribution in [-0.4, -0.2) is 10.2 Å². The van der Waals surface area contributed by atoms with Crippen molar-refractivity contribution in [3.63, 3.8) is 0 Å². The van der Waals surface area contributed by atoms with E-state index in [2.05, 4.69) is 22.4 Å². The van der Waals surface area contributed by atoms with Gasteiger partial charge in [-0.15, -0.1) is 10.2 Å². The average molecular weight is 408 g/mol. The number of anilines is 1. The Bertz CT molecular complexity index is 1140. The monoisotopic (exact) mass is 407 g/mol. The molecule has 4 aromatic rings. The van der Waals surface area contributed by atoms with Crippen LogP contribution in [-0.2, 0) is 0 Å². The zero-order valence-corrected chi connectivity index (χ0v) is 16.7. The fraction of sp³-hybridized carbons (Fsp3) is 0.130. The van der Waals surface area contributed by atoms with E-state index in [4.69, 9.17) is 16.0 Å². The van der Waals surface area contributed by atoms with Crippen LogP contribution >= 0.6 is 11.6 Å². The molecule has 1 N–H and O–H groups in total. The van der Waals surface area contributed by atoms with Gasteiger partial charge in [0, 0.05) is 21.8 Å². The standard InChI is InChI=1S/C23H19ClFN3O/c1-14-8-10-18(12-15(14)2)26-21(19-11-9-17(25)13-20(19)24)23-28-27-22(29-23)16-6-4-3-5-7-16/h3-13,21,26H,1-2H3/t21-/m1/s1. The maximum absolute atomic E-state index is 13.6. The molecule has 0 aliphatic carbocycles. The normalized spacial score (nSPS) is 12.0. The molecule has 0 fully saturated rings. The van der Waals surface area contributed by atoms with E-state index in [9.17, 15) is 4.39 Å². The predicted octanol–water partition coefficient (Wildman–Crippen LogP) is 6.35. The second kappa shape index (κ2) is 8.05. The molecule has 4 nitrogen and oxygen atoms in total. The van der Waals surface area contributed by atoms with E-state index in [1.54, 1.807) is 6.07 Å². The summed E-state index contributed by atoms with van der Waals surface area (Å²) in [5, 5.41) is 12.1. The van der Waals surface area contributed by atoms with Crippen molar-refractivity contribution in [3.8, 4) is 11.5 Å². The van der Waals surface area contributed by atoms with Gasteiger partial charge in [0.05, 0.1) is 0 Å². The van der Waals surface area contributed by atoms with Crippen LogP contribution in [0.4, 0.5) is 10.1 Å². The third kappa shape index (κ3) is 4.15. The molecule has 0 amide bonds. The number of nitrogens with one attached hydrogen (secondary N) is 1. The molecule has 0 aliphatic heterocycles. The van der Waals surface area contributed by atoms with Gasteiger partial charge in [0.15, 0.2) is 0 Å². The van der Waals surface area contributed by atoms with E-state index < -0.39 is 11.9 Å². The Morgan fingerprint density at radius 3 is 2.45 bits per heavy atom. The Kier molecular flexibility index (Phi) is 5.32. The number of nitrogens with zero attached hydrogens (tertiary/aromatic N) is 2. The van der Waals surface area contributed by atoms with E-state index in [0.29, 0.717) is 17.3 Å². The Morgan fingerprint density at radius 1 is 0.931 bits per heavy atom. The molecule has 0 saturated carbocycles. The zero-order valence-electron chi connectivity index (χ0n) is 16.0. The molecule has 6 heteroatoms. The van der Waals surface area contributed by atoms with E-state index >= 15 is 0 Å². The highest BCUT2D eigenvalue weighted by atomic mass is 35.5. The molecule has 0 aliphatic rings. The molecule has 0 bridgehead atoms. The topological polar surface area (TPSA) is 51.0 Å². The minimum absolute atomic E-state index is 0.283. The van der Waals surface area contributed by atoms with Crippen LogP contribution in [0.15, 0.2) is 71.1 Å². The smallest absolute Gasteiger partial charge is 0.247 e. The lowest BCUT2D eigenvalue weighted by molar-refractivity contribution is 0.494. The lowest BCUT2D eigenvalue weighted by Crippen LogP contribution is -2.14. The summed E-state index contributed by atoms with van der Waals surface area (Å²) >= 11 is 6.35. The molecule has 0 spiro atoms. The summed E-state index contributed by atoms with van der Waals surface area (Å²) in [7, 11) is 0. The molecule has 0 saturated heterocycles. The molecule has 1 aromatic heterocycles. The van der Waals surface area contributed by atoms with Crippen LogP contribution in [0.2, 0.25) is 5.02 Å². The minimum atomic E-state index is -0.532. The molecule has 0 unspecified atom stereocenters. The minimum Gasteiger partial charge on any atom is -0.418 e. The maximum Gasteiger partial charge on any atom is 0.247 e. The van der Waals surface area contributed by atoms with Crippen molar-refractivity contribution in [3.05, 3.63) is 100 Å². The van der Waals surface area contributed by atoms with E-state index in [0.717, 1.165) is 16.8 Å². The van der Waals surface area contributed by atoms with E-state index in [-0.39, 0.29) is 5.02 Å². The van der Waals surface area contributed by atoms with Crippen molar-refractivity contribution in [2.75, 3.05) is 5.32 Å². The van der Waals surface area contributed by atoms with Crippen LogP contribution < -0.4 is 5.32 Å². The summed E-state index contributed by atoms with van der Waals surface area (Å²) in [5.41, 5.74) is 4.68. The predicted molar refractivity (Wildman–Crippen MR) is 113 cm³/mol. The highest BCUT2D eigenvalue weighted by Gasteiger charge is 2.24. The first-order valence-electron chi connectivity index (χ1n) is 9.19. The zero-order chi connectivity index (χ0) is 20.4. The molecule has 1 atom stereocenters. The molecular formula is C23H19ClFN3O. The number of aryl methyl sites for hydroxylation is 2. The SMILES string of the molecule is Cc1ccc(N[C@@H](c2nnc(-c3ccccc3)o2)c2ccc(F)cc2Cl)cc1C.